The lowest BCUT2D eigenvalue weighted by molar-refractivity contribution is -0.116. The van der Waals surface area contributed by atoms with Crippen LogP contribution in [0.5, 0.6) is 0 Å². The van der Waals surface area contributed by atoms with Gasteiger partial charge >= 0.3 is 0 Å². The molecule has 1 aliphatic rings. The van der Waals surface area contributed by atoms with E-state index in [0.29, 0.717) is 24.3 Å². The van der Waals surface area contributed by atoms with Crippen LogP contribution in [0.4, 0.5) is 17.1 Å². The fourth-order valence-electron chi connectivity index (χ4n) is 3.87. The number of sulfonamides is 1. The van der Waals surface area contributed by atoms with Gasteiger partial charge in [0.25, 0.3) is 15.9 Å². The van der Waals surface area contributed by atoms with Crippen molar-refractivity contribution in [1.29, 1.82) is 0 Å². The average molecular weight is 498 g/mol. The van der Waals surface area contributed by atoms with Crippen LogP contribution < -0.4 is 14.9 Å². The molecule has 3 aromatic carbocycles. The second-order valence-electron chi connectivity index (χ2n) is 8.26. The maximum Gasteiger partial charge on any atom is 0.261 e. The maximum absolute atomic E-state index is 13.0. The summed E-state index contributed by atoms with van der Waals surface area (Å²) in [4.78, 5) is 26.3. The second-order valence-corrected chi connectivity index (χ2v) is 10.4. The minimum Gasteiger partial charge on any atom is -0.322 e. The number of nitrogens with one attached hydrogen (secondary N) is 2. The van der Waals surface area contributed by atoms with Crippen LogP contribution in [0.1, 0.15) is 34.0 Å². The first kappa shape index (κ1) is 23.8. The van der Waals surface area contributed by atoms with E-state index in [9.17, 15) is 18.0 Å². The van der Waals surface area contributed by atoms with Crippen molar-refractivity contribution in [3.05, 3.63) is 81.9 Å². The Morgan fingerprint density at radius 1 is 0.941 bits per heavy atom. The van der Waals surface area contributed by atoms with Crippen molar-refractivity contribution in [2.45, 2.75) is 32.1 Å². The van der Waals surface area contributed by atoms with Gasteiger partial charge < -0.3 is 10.2 Å². The Bertz CT molecular complexity index is 1420. The lowest BCUT2D eigenvalue weighted by Gasteiger charge is -2.15. The summed E-state index contributed by atoms with van der Waals surface area (Å²) in [5.74, 6) is -0.565. The minimum absolute atomic E-state index is 0.0326. The Balaban J connectivity index is 1.56. The van der Waals surface area contributed by atoms with E-state index in [-0.39, 0.29) is 21.4 Å². The number of carbonyl (C=O) groups is 2. The zero-order valence-electron chi connectivity index (χ0n) is 19.0. The Morgan fingerprint density at radius 3 is 2.38 bits per heavy atom. The van der Waals surface area contributed by atoms with Gasteiger partial charge in [-0.05, 0) is 85.5 Å². The van der Waals surface area contributed by atoms with Gasteiger partial charge in [0.2, 0.25) is 5.91 Å². The lowest BCUT2D eigenvalue weighted by Crippen LogP contribution is -2.25. The van der Waals surface area contributed by atoms with E-state index in [1.54, 1.807) is 29.2 Å². The number of carbonyl (C=O) groups excluding carboxylic acids is 2. The summed E-state index contributed by atoms with van der Waals surface area (Å²) in [5.41, 5.74) is 4.79. The molecule has 0 radical (unpaired) electrons. The zero-order chi connectivity index (χ0) is 24.6. The number of aryl methyl sites for hydroxylation is 2. The predicted molar refractivity (Wildman–Crippen MR) is 134 cm³/mol. The van der Waals surface area contributed by atoms with E-state index >= 15 is 0 Å². The van der Waals surface area contributed by atoms with Gasteiger partial charge in [0.15, 0.2) is 0 Å². The van der Waals surface area contributed by atoms with Crippen LogP contribution in [-0.4, -0.2) is 26.8 Å². The van der Waals surface area contributed by atoms with Gasteiger partial charge in [0.1, 0.15) is 0 Å². The number of anilines is 3. The molecule has 0 bridgehead atoms. The summed E-state index contributed by atoms with van der Waals surface area (Å²) in [6.07, 6.45) is 0.692. The first-order chi connectivity index (χ1) is 16.0. The molecule has 1 heterocycles. The third kappa shape index (κ3) is 4.78. The Morgan fingerprint density at radius 2 is 1.68 bits per heavy atom. The molecule has 34 heavy (non-hydrogen) atoms. The van der Waals surface area contributed by atoms with Gasteiger partial charge in [-0.2, -0.15) is 0 Å². The van der Waals surface area contributed by atoms with Crippen LogP contribution in [0, 0.1) is 13.8 Å². The van der Waals surface area contributed by atoms with Gasteiger partial charge in [-0.25, -0.2) is 8.42 Å². The van der Waals surface area contributed by atoms with Crippen molar-refractivity contribution >= 4 is 50.5 Å². The highest BCUT2D eigenvalue weighted by Crippen LogP contribution is 2.31. The van der Waals surface area contributed by atoms with E-state index in [2.05, 4.69) is 10.0 Å². The first-order valence-electron chi connectivity index (χ1n) is 10.7. The molecule has 7 nitrogen and oxygen atoms in total. The van der Waals surface area contributed by atoms with E-state index in [1.807, 2.05) is 26.0 Å². The van der Waals surface area contributed by atoms with E-state index in [0.717, 1.165) is 22.4 Å². The van der Waals surface area contributed by atoms with Crippen LogP contribution in [0.3, 0.4) is 0 Å². The van der Waals surface area contributed by atoms with Crippen molar-refractivity contribution in [2.75, 3.05) is 21.5 Å². The summed E-state index contributed by atoms with van der Waals surface area (Å²) in [7, 11) is -3.94. The third-order valence-corrected chi connectivity index (χ3v) is 7.57. The fraction of sp³-hybridized carbons (Fsp3) is 0.200. The summed E-state index contributed by atoms with van der Waals surface area (Å²) < 4.78 is 28.4. The molecule has 0 spiro atoms. The highest BCUT2D eigenvalue weighted by atomic mass is 35.5. The van der Waals surface area contributed by atoms with E-state index < -0.39 is 15.9 Å². The summed E-state index contributed by atoms with van der Waals surface area (Å²) in [6.45, 7) is 5.95. The molecule has 2 N–H and O–H groups in total. The highest BCUT2D eigenvalue weighted by Gasteiger charge is 2.23. The Labute approximate surface area is 203 Å². The normalized spacial score (nSPS) is 12.9. The molecule has 0 saturated carbocycles. The van der Waals surface area contributed by atoms with Gasteiger partial charge in [-0.15, -0.1) is 0 Å². The second kappa shape index (κ2) is 9.12. The number of amides is 2. The first-order valence-corrected chi connectivity index (χ1v) is 12.5. The number of fused-ring (bicyclic) bond motifs is 1. The average Bonchev–Trinajstić information content (AvgIpc) is 3.20. The number of halogens is 1. The number of hydrogen-bond donors (Lipinski definition) is 2. The van der Waals surface area contributed by atoms with Gasteiger partial charge in [-0.1, -0.05) is 17.7 Å². The summed E-state index contributed by atoms with van der Waals surface area (Å²) >= 11 is 6.23. The summed E-state index contributed by atoms with van der Waals surface area (Å²) in [5, 5.41) is 2.90. The molecule has 0 atom stereocenters. The third-order valence-electron chi connectivity index (χ3n) is 5.86. The molecule has 0 aliphatic carbocycles. The molecule has 0 fully saturated rings. The quantitative estimate of drug-likeness (QED) is 0.523. The van der Waals surface area contributed by atoms with Gasteiger partial charge in [0.05, 0.1) is 15.5 Å². The van der Waals surface area contributed by atoms with Gasteiger partial charge in [-0.3, -0.25) is 14.3 Å². The van der Waals surface area contributed by atoms with Gasteiger partial charge in [0, 0.05) is 30.5 Å². The number of hydrogen-bond acceptors (Lipinski definition) is 4. The molecule has 9 heteroatoms. The summed E-state index contributed by atoms with van der Waals surface area (Å²) in [6, 6.07) is 14.6. The molecule has 2 amide bonds. The molecule has 0 saturated heterocycles. The van der Waals surface area contributed by atoms with Crippen LogP contribution in [-0.2, 0) is 21.2 Å². The molecule has 3 aromatic rings. The van der Waals surface area contributed by atoms with E-state index in [1.165, 1.54) is 25.1 Å². The molecule has 176 valence electrons. The van der Waals surface area contributed by atoms with E-state index in [4.69, 9.17) is 11.6 Å². The molecular formula is C25H24ClN3O4S. The van der Waals surface area contributed by atoms with Crippen LogP contribution >= 0.6 is 11.6 Å². The van der Waals surface area contributed by atoms with Crippen LogP contribution in [0.15, 0.2) is 59.5 Å². The van der Waals surface area contributed by atoms with Crippen LogP contribution in [0.2, 0.25) is 5.02 Å². The largest absolute Gasteiger partial charge is 0.322 e. The number of nitrogens with zero attached hydrogens (tertiary/aromatic N) is 1. The minimum atomic E-state index is -3.94. The molecule has 1 aliphatic heterocycles. The van der Waals surface area contributed by atoms with Crippen molar-refractivity contribution in [3.8, 4) is 0 Å². The zero-order valence-corrected chi connectivity index (χ0v) is 20.5. The highest BCUT2D eigenvalue weighted by molar-refractivity contribution is 7.92. The number of benzene rings is 3. The predicted octanol–water partition coefficient (Wildman–Crippen LogP) is 4.92. The standard InChI is InChI=1S/C25H24ClN3O4S/c1-15-4-5-20(12-16(15)2)28-34(32,33)21-7-8-23(26)22(14-21)25(31)27-19-6-9-24-18(13-19)10-11-29(24)17(3)30/h4-9,12-14,28H,10-11H2,1-3H3,(H,27,31). The van der Waals surface area contributed by atoms with Crippen molar-refractivity contribution in [2.24, 2.45) is 0 Å². The Kier molecular flexibility index (Phi) is 6.38. The molecule has 0 aromatic heterocycles. The lowest BCUT2D eigenvalue weighted by atomic mass is 10.1. The molecular weight excluding hydrogens is 474 g/mol. The topological polar surface area (TPSA) is 95.6 Å². The van der Waals surface area contributed by atoms with Crippen molar-refractivity contribution < 1.29 is 18.0 Å². The van der Waals surface area contributed by atoms with Crippen LogP contribution in [0.25, 0.3) is 0 Å². The molecule has 4 rings (SSSR count). The smallest absolute Gasteiger partial charge is 0.261 e. The maximum atomic E-state index is 13.0. The monoisotopic (exact) mass is 497 g/mol. The molecule has 0 unspecified atom stereocenters. The number of rotatable bonds is 5. The Hall–Kier alpha value is -3.36. The fourth-order valence-corrected chi connectivity index (χ4v) is 5.15. The SMILES string of the molecule is CC(=O)N1CCc2cc(NC(=O)c3cc(S(=O)(=O)Nc4ccc(C)c(C)c4)ccc3Cl)ccc21. The van der Waals surface area contributed by atoms with Crippen molar-refractivity contribution in [1.82, 2.24) is 0 Å². The van der Waals surface area contributed by atoms with Crippen molar-refractivity contribution in [3.63, 3.8) is 0 Å².